The van der Waals surface area contributed by atoms with Crippen LogP contribution in [0.15, 0.2) is 48.5 Å². The molecule has 4 rings (SSSR count). The Morgan fingerprint density at radius 3 is 2.39 bits per heavy atom. The van der Waals surface area contributed by atoms with Crippen LogP contribution in [0.3, 0.4) is 0 Å². The van der Waals surface area contributed by atoms with Crippen LogP contribution in [0.4, 0.5) is 0 Å². The first kappa shape index (κ1) is 23.3. The van der Waals surface area contributed by atoms with Gasteiger partial charge in [-0.15, -0.1) is 0 Å². The van der Waals surface area contributed by atoms with Crippen molar-refractivity contribution in [3.8, 4) is 16.9 Å². The third-order valence-corrected chi connectivity index (χ3v) is 6.34. The lowest BCUT2D eigenvalue weighted by molar-refractivity contribution is -0.143. The maximum absolute atomic E-state index is 12.9. The smallest absolute Gasteiger partial charge is 0.263 e. The molecule has 6 nitrogen and oxygen atoms in total. The molecule has 0 spiro atoms. The molecule has 0 bridgehead atoms. The number of ether oxygens (including phenoxy) is 1. The molecule has 3 aromatic rings. The van der Waals surface area contributed by atoms with E-state index in [1.54, 1.807) is 28.9 Å². The highest BCUT2D eigenvalue weighted by Gasteiger charge is 2.27. The van der Waals surface area contributed by atoms with Gasteiger partial charge in [-0.1, -0.05) is 48.3 Å². The topological polar surface area (TPSA) is 62.7 Å². The van der Waals surface area contributed by atoms with Gasteiger partial charge in [-0.25, -0.2) is 4.98 Å². The number of hydrogen-bond acceptors (Lipinski definition) is 4. The lowest BCUT2D eigenvalue weighted by atomic mass is 10.0. The van der Waals surface area contributed by atoms with Gasteiger partial charge >= 0.3 is 0 Å². The lowest BCUT2D eigenvalue weighted by Crippen LogP contribution is -2.53. The largest absolute Gasteiger partial charge is 0.481 e. The predicted octanol–water partition coefficient (Wildman–Crippen LogP) is 5.06. The molecule has 1 saturated heterocycles. The minimum atomic E-state index is -0.668. The van der Waals surface area contributed by atoms with Crippen molar-refractivity contribution >= 4 is 45.9 Å². The van der Waals surface area contributed by atoms with Crippen LogP contribution in [-0.2, 0) is 9.59 Å². The number of carbonyl (C=O) groups excluding carboxylic acids is 2. The molecule has 1 aliphatic heterocycles. The number of rotatable bonds is 5. The molecule has 2 amide bonds. The van der Waals surface area contributed by atoms with Crippen molar-refractivity contribution in [2.24, 2.45) is 0 Å². The molecule has 1 aromatic heterocycles. The number of carbonyl (C=O) groups is 2. The molecule has 1 aliphatic rings. The van der Waals surface area contributed by atoms with Crippen molar-refractivity contribution in [2.75, 3.05) is 26.2 Å². The quantitative estimate of drug-likeness (QED) is 0.474. The molecule has 172 valence electrons. The van der Waals surface area contributed by atoms with Gasteiger partial charge in [0.15, 0.2) is 6.10 Å². The fraction of sp³-hybridized carbons (Fsp3) is 0.320. The zero-order chi connectivity index (χ0) is 23.5. The summed E-state index contributed by atoms with van der Waals surface area (Å²) in [5.41, 5.74) is 2.40. The summed E-state index contributed by atoms with van der Waals surface area (Å²) in [5.74, 6) is 0.544. The third kappa shape index (κ3) is 5.07. The normalized spacial score (nSPS) is 14.9. The second-order valence-electron chi connectivity index (χ2n) is 7.97. The first-order valence-corrected chi connectivity index (χ1v) is 11.7. The maximum atomic E-state index is 12.9. The Kier molecular flexibility index (Phi) is 7.05. The van der Waals surface area contributed by atoms with Crippen molar-refractivity contribution in [3.05, 3.63) is 58.7 Å². The highest BCUT2D eigenvalue weighted by molar-refractivity contribution is 6.34. The fourth-order valence-electron chi connectivity index (χ4n) is 4.06. The zero-order valence-corrected chi connectivity index (χ0v) is 20.1. The van der Waals surface area contributed by atoms with E-state index in [0.29, 0.717) is 54.0 Å². The first-order chi connectivity index (χ1) is 15.9. The standard InChI is InChI=1S/C25H25Cl2N3O3/c1-3-24(31)29-10-12-30(13-11-29)25(32)16(2)33-17-8-9-19-20(15-23(27)28-22(19)14-17)18-6-4-5-7-21(18)26/h4-9,14-16H,3,10-13H2,1-2H3/t16-/m1/s1. The second kappa shape index (κ2) is 9.98. The van der Waals surface area contributed by atoms with Crippen LogP contribution in [0.25, 0.3) is 22.0 Å². The number of nitrogens with zero attached hydrogens (tertiary/aromatic N) is 3. The Morgan fingerprint density at radius 1 is 1.00 bits per heavy atom. The number of pyridine rings is 1. The molecule has 2 aromatic carbocycles. The van der Waals surface area contributed by atoms with Gasteiger partial charge in [0.25, 0.3) is 5.91 Å². The van der Waals surface area contributed by atoms with E-state index in [0.717, 1.165) is 16.5 Å². The number of aromatic nitrogens is 1. The third-order valence-electron chi connectivity index (χ3n) is 5.82. The summed E-state index contributed by atoms with van der Waals surface area (Å²) in [4.78, 5) is 32.7. The highest BCUT2D eigenvalue weighted by atomic mass is 35.5. The second-order valence-corrected chi connectivity index (χ2v) is 8.77. The Bertz CT molecular complexity index is 1190. The van der Waals surface area contributed by atoms with Crippen LogP contribution in [0.2, 0.25) is 10.2 Å². The van der Waals surface area contributed by atoms with Gasteiger partial charge in [0.2, 0.25) is 5.91 Å². The van der Waals surface area contributed by atoms with Gasteiger partial charge in [0.1, 0.15) is 10.9 Å². The molecular weight excluding hydrogens is 461 g/mol. The lowest BCUT2D eigenvalue weighted by Gasteiger charge is -2.35. The summed E-state index contributed by atoms with van der Waals surface area (Å²) in [5, 5.41) is 1.86. The van der Waals surface area contributed by atoms with Gasteiger partial charge in [-0.3, -0.25) is 9.59 Å². The van der Waals surface area contributed by atoms with Gasteiger partial charge in [0.05, 0.1) is 5.52 Å². The molecular formula is C25H25Cl2N3O3. The van der Waals surface area contributed by atoms with E-state index < -0.39 is 6.10 Å². The van der Waals surface area contributed by atoms with Crippen molar-refractivity contribution in [1.82, 2.24) is 14.8 Å². The summed E-state index contributed by atoms with van der Waals surface area (Å²) < 4.78 is 5.96. The molecule has 0 aliphatic carbocycles. The predicted molar refractivity (Wildman–Crippen MR) is 131 cm³/mol. The van der Waals surface area contributed by atoms with Crippen molar-refractivity contribution in [3.63, 3.8) is 0 Å². The van der Waals surface area contributed by atoms with Gasteiger partial charge < -0.3 is 14.5 Å². The highest BCUT2D eigenvalue weighted by Crippen LogP contribution is 2.35. The summed E-state index contributed by atoms with van der Waals surface area (Å²) in [6.45, 7) is 5.70. The average molecular weight is 486 g/mol. The number of amides is 2. The Morgan fingerprint density at radius 2 is 1.70 bits per heavy atom. The van der Waals surface area contributed by atoms with E-state index in [1.807, 2.05) is 43.3 Å². The van der Waals surface area contributed by atoms with Crippen molar-refractivity contribution < 1.29 is 14.3 Å². The minimum Gasteiger partial charge on any atom is -0.481 e. The van der Waals surface area contributed by atoms with Crippen LogP contribution in [-0.4, -0.2) is 58.9 Å². The van der Waals surface area contributed by atoms with E-state index >= 15 is 0 Å². The Labute approximate surface area is 203 Å². The number of fused-ring (bicyclic) bond motifs is 1. The summed E-state index contributed by atoms with van der Waals surface area (Å²) >= 11 is 12.7. The summed E-state index contributed by atoms with van der Waals surface area (Å²) in [6, 6.07) is 14.9. The van der Waals surface area contributed by atoms with Gasteiger partial charge in [-0.05, 0) is 36.8 Å². The average Bonchev–Trinajstić information content (AvgIpc) is 2.82. The Hall–Kier alpha value is -2.83. The molecule has 0 radical (unpaired) electrons. The summed E-state index contributed by atoms with van der Waals surface area (Å²) in [6.07, 6.45) is -0.191. The van der Waals surface area contributed by atoms with E-state index in [1.165, 1.54) is 0 Å². The first-order valence-electron chi connectivity index (χ1n) is 11.0. The number of halogens is 2. The van der Waals surface area contributed by atoms with Crippen molar-refractivity contribution in [2.45, 2.75) is 26.4 Å². The fourth-order valence-corrected chi connectivity index (χ4v) is 4.50. The zero-order valence-electron chi connectivity index (χ0n) is 18.6. The van der Waals surface area contributed by atoms with Gasteiger partial charge in [0, 0.05) is 54.6 Å². The van der Waals surface area contributed by atoms with Gasteiger partial charge in [-0.2, -0.15) is 0 Å². The molecule has 0 saturated carbocycles. The molecule has 0 N–H and O–H groups in total. The minimum absolute atomic E-state index is 0.102. The number of hydrogen-bond donors (Lipinski definition) is 0. The monoisotopic (exact) mass is 485 g/mol. The maximum Gasteiger partial charge on any atom is 0.263 e. The SMILES string of the molecule is CCC(=O)N1CCN(C(=O)[C@@H](C)Oc2ccc3c(-c4ccccc4Cl)cc(Cl)nc3c2)CC1. The van der Waals surface area contributed by atoms with Crippen LogP contribution >= 0.6 is 23.2 Å². The van der Waals surface area contributed by atoms with Crippen molar-refractivity contribution in [1.29, 1.82) is 0 Å². The van der Waals surface area contributed by atoms with E-state index in [-0.39, 0.29) is 11.8 Å². The van der Waals surface area contributed by atoms with Crippen LogP contribution < -0.4 is 4.74 Å². The van der Waals surface area contributed by atoms with E-state index in [9.17, 15) is 9.59 Å². The molecule has 8 heteroatoms. The molecule has 1 atom stereocenters. The number of benzene rings is 2. The molecule has 0 unspecified atom stereocenters. The molecule has 2 heterocycles. The van der Waals surface area contributed by atoms with Crippen LogP contribution in [0, 0.1) is 0 Å². The molecule has 33 heavy (non-hydrogen) atoms. The Balaban J connectivity index is 1.51. The van der Waals surface area contributed by atoms with Crippen LogP contribution in [0.1, 0.15) is 20.3 Å². The number of piperazine rings is 1. The summed E-state index contributed by atoms with van der Waals surface area (Å²) in [7, 11) is 0. The van der Waals surface area contributed by atoms with E-state index in [2.05, 4.69) is 4.98 Å². The van der Waals surface area contributed by atoms with E-state index in [4.69, 9.17) is 27.9 Å². The molecule has 1 fully saturated rings. The van der Waals surface area contributed by atoms with Crippen LogP contribution in [0.5, 0.6) is 5.75 Å².